The number of methoxy groups -OCH3 is 2. The summed E-state index contributed by atoms with van der Waals surface area (Å²) >= 11 is 0. The normalized spacial score (nSPS) is 15.2. The van der Waals surface area contributed by atoms with E-state index in [1.54, 1.807) is 26.4 Å². The zero-order chi connectivity index (χ0) is 19.8. The van der Waals surface area contributed by atoms with E-state index in [1.165, 1.54) is 5.56 Å². The number of rotatable bonds is 8. The van der Waals surface area contributed by atoms with Crippen LogP contribution in [-0.2, 0) is 11.2 Å². The molecule has 0 spiro atoms. The van der Waals surface area contributed by atoms with Crippen molar-refractivity contribution in [1.82, 2.24) is 9.80 Å². The van der Waals surface area contributed by atoms with E-state index < -0.39 is 0 Å². The van der Waals surface area contributed by atoms with Crippen LogP contribution in [0.15, 0.2) is 48.5 Å². The van der Waals surface area contributed by atoms with E-state index in [1.807, 2.05) is 6.07 Å². The van der Waals surface area contributed by atoms with Gasteiger partial charge in [-0.05, 0) is 24.1 Å². The summed E-state index contributed by atoms with van der Waals surface area (Å²) in [5.41, 5.74) is 2.03. The molecular weight excluding hydrogens is 354 g/mol. The van der Waals surface area contributed by atoms with Crippen LogP contribution < -0.4 is 14.8 Å². The lowest BCUT2D eigenvalue weighted by Gasteiger charge is -2.34. The van der Waals surface area contributed by atoms with Crippen molar-refractivity contribution in [2.24, 2.45) is 0 Å². The highest BCUT2D eigenvalue weighted by atomic mass is 16.5. The van der Waals surface area contributed by atoms with Gasteiger partial charge in [0.1, 0.15) is 11.5 Å². The number of nitrogens with zero attached hydrogens (tertiary/aromatic N) is 2. The van der Waals surface area contributed by atoms with Crippen molar-refractivity contribution in [3.8, 4) is 11.5 Å². The van der Waals surface area contributed by atoms with Gasteiger partial charge in [-0.25, -0.2) is 0 Å². The second kappa shape index (κ2) is 10.1. The van der Waals surface area contributed by atoms with Gasteiger partial charge in [0.2, 0.25) is 5.91 Å². The van der Waals surface area contributed by atoms with E-state index in [2.05, 4.69) is 45.4 Å². The van der Waals surface area contributed by atoms with Gasteiger partial charge in [-0.2, -0.15) is 0 Å². The Bertz CT molecular complexity index is 759. The molecule has 0 aromatic heterocycles. The highest BCUT2D eigenvalue weighted by molar-refractivity contribution is 5.93. The summed E-state index contributed by atoms with van der Waals surface area (Å²) in [6, 6.07) is 16.0. The van der Waals surface area contributed by atoms with Crippen LogP contribution in [0.5, 0.6) is 11.5 Å². The molecule has 1 amide bonds. The first-order valence-corrected chi connectivity index (χ1v) is 9.68. The lowest BCUT2D eigenvalue weighted by molar-refractivity contribution is -0.117. The molecule has 6 heteroatoms. The Hall–Kier alpha value is -2.57. The van der Waals surface area contributed by atoms with Gasteiger partial charge in [-0.15, -0.1) is 0 Å². The maximum atomic E-state index is 12.4. The number of hydrogen-bond acceptors (Lipinski definition) is 5. The molecule has 0 saturated carbocycles. The van der Waals surface area contributed by atoms with Crippen molar-refractivity contribution in [2.75, 3.05) is 58.8 Å². The predicted molar refractivity (Wildman–Crippen MR) is 111 cm³/mol. The lowest BCUT2D eigenvalue weighted by Crippen LogP contribution is -2.49. The molecule has 150 valence electrons. The van der Waals surface area contributed by atoms with Gasteiger partial charge in [0.15, 0.2) is 0 Å². The molecule has 28 heavy (non-hydrogen) atoms. The molecule has 0 unspecified atom stereocenters. The number of carbonyl (C=O) groups excluding carboxylic acids is 1. The minimum atomic E-state index is -0.0267. The predicted octanol–water partition coefficient (Wildman–Crippen LogP) is 2.50. The molecule has 0 radical (unpaired) electrons. The van der Waals surface area contributed by atoms with Crippen LogP contribution in [-0.4, -0.2) is 69.2 Å². The fraction of sp³-hybridized carbons (Fsp3) is 0.409. The maximum Gasteiger partial charge on any atom is 0.238 e. The zero-order valence-electron chi connectivity index (χ0n) is 16.7. The maximum absolute atomic E-state index is 12.4. The molecule has 1 aliphatic rings. The Morgan fingerprint density at radius 2 is 1.68 bits per heavy atom. The molecule has 0 aliphatic carbocycles. The van der Waals surface area contributed by atoms with Crippen molar-refractivity contribution < 1.29 is 14.3 Å². The number of nitrogens with one attached hydrogen (secondary N) is 1. The van der Waals surface area contributed by atoms with Crippen LogP contribution in [0.25, 0.3) is 0 Å². The number of ether oxygens (including phenoxy) is 2. The highest BCUT2D eigenvalue weighted by Crippen LogP contribution is 2.28. The molecule has 2 aromatic rings. The first-order chi connectivity index (χ1) is 13.7. The van der Waals surface area contributed by atoms with Crippen molar-refractivity contribution >= 4 is 11.6 Å². The van der Waals surface area contributed by atoms with E-state index in [0.717, 1.165) is 39.1 Å². The van der Waals surface area contributed by atoms with Gasteiger partial charge in [-0.1, -0.05) is 30.3 Å². The van der Waals surface area contributed by atoms with Crippen molar-refractivity contribution in [1.29, 1.82) is 0 Å². The summed E-state index contributed by atoms with van der Waals surface area (Å²) in [7, 11) is 3.19. The van der Waals surface area contributed by atoms with Crippen LogP contribution >= 0.6 is 0 Å². The summed E-state index contributed by atoms with van der Waals surface area (Å²) in [5, 5.41) is 2.94. The average molecular weight is 383 g/mol. The SMILES string of the molecule is COc1ccc(NC(=O)CN2CCN(CCc3ccccc3)CC2)c(OC)c1. The van der Waals surface area contributed by atoms with E-state index in [-0.39, 0.29) is 5.91 Å². The molecule has 1 heterocycles. The second-order valence-electron chi connectivity index (χ2n) is 6.97. The van der Waals surface area contributed by atoms with Gasteiger partial charge < -0.3 is 19.7 Å². The molecule has 3 rings (SSSR count). The Labute approximate surface area is 167 Å². The fourth-order valence-electron chi connectivity index (χ4n) is 3.40. The number of piperazine rings is 1. The van der Waals surface area contributed by atoms with Crippen molar-refractivity contribution in [2.45, 2.75) is 6.42 Å². The molecular formula is C22H29N3O3. The number of amides is 1. The van der Waals surface area contributed by atoms with E-state index in [4.69, 9.17) is 9.47 Å². The lowest BCUT2D eigenvalue weighted by atomic mass is 10.1. The van der Waals surface area contributed by atoms with Crippen LogP contribution in [0.4, 0.5) is 5.69 Å². The van der Waals surface area contributed by atoms with Gasteiger partial charge >= 0.3 is 0 Å². The summed E-state index contributed by atoms with van der Waals surface area (Å²) in [6.45, 7) is 5.25. The first-order valence-electron chi connectivity index (χ1n) is 9.68. The van der Waals surface area contributed by atoms with E-state index in [9.17, 15) is 4.79 Å². The molecule has 1 aliphatic heterocycles. The smallest absolute Gasteiger partial charge is 0.238 e. The van der Waals surface area contributed by atoms with Crippen molar-refractivity contribution in [3.63, 3.8) is 0 Å². The molecule has 2 aromatic carbocycles. The number of carbonyl (C=O) groups is 1. The van der Waals surface area contributed by atoms with Gasteiger partial charge in [-0.3, -0.25) is 9.69 Å². The number of hydrogen-bond donors (Lipinski definition) is 1. The standard InChI is InChI=1S/C22H29N3O3/c1-27-19-8-9-20(21(16-19)28-2)23-22(26)17-25-14-12-24(13-15-25)11-10-18-6-4-3-5-7-18/h3-9,16H,10-15,17H2,1-2H3,(H,23,26). The minimum Gasteiger partial charge on any atom is -0.497 e. The molecule has 6 nitrogen and oxygen atoms in total. The summed E-state index contributed by atoms with van der Waals surface area (Å²) in [6.07, 6.45) is 1.07. The Morgan fingerprint density at radius 3 is 2.36 bits per heavy atom. The Morgan fingerprint density at radius 1 is 0.964 bits per heavy atom. The Kier molecular flexibility index (Phi) is 7.28. The molecule has 0 bridgehead atoms. The third-order valence-electron chi connectivity index (χ3n) is 5.07. The quantitative estimate of drug-likeness (QED) is 0.759. The number of benzene rings is 2. The first kappa shape index (κ1) is 20.2. The summed E-state index contributed by atoms with van der Waals surface area (Å²) in [5.74, 6) is 1.26. The highest BCUT2D eigenvalue weighted by Gasteiger charge is 2.19. The van der Waals surface area contributed by atoms with Gasteiger partial charge in [0.25, 0.3) is 0 Å². The third kappa shape index (κ3) is 5.71. The summed E-state index contributed by atoms with van der Waals surface area (Å²) < 4.78 is 10.5. The van der Waals surface area contributed by atoms with E-state index >= 15 is 0 Å². The van der Waals surface area contributed by atoms with Crippen LogP contribution in [0.3, 0.4) is 0 Å². The topological polar surface area (TPSA) is 54.0 Å². The van der Waals surface area contributed by atoms with Crippen molar-refractivity contribution in [3.05, 3.63) is 54.1 Å². The van der Waals surface area contributed by atoms with Gasteiger partial charge in [0.05, 0.1) is 26.5 Å². The largest absolute Gasteiger partial charge is 0.497 e. The third-order valence-corrected chi connectivity index (χ3v) is 5.07. The van der Waals surface area contributed by atoms with Crippen LogP contribution in [0, 0.1) is 0 Å². The second-order valence-corrected chi connectivity index (χ2v) is 6.97. The number of anilines is 1. The Balaban J connectivity index is 1.42. The summed E-state index contributed by atoms with van der Waals surface area (Å²) in [4.78, 5) is 17.1. The van der Waals surface area contributed by atoms with Crippen LogP contribution in [0.1, 0.15) is 5.56 Å². The molecule has 1 saturated heterocycles. The van der Waals surface area contributed by atoms with E-state index in [0.29, 0.717) is 23.7 Å². The monoisotopic (exact) mass is 383 g/mol. The minimum absolute atomic E-state index is 0.0267. The molecule has 0 atom stereocenters. The van der Waals surface area contributed by atoms with Gasteiger partial charge in [0, 0.05) is 38.8 Å². The zero-order valence-corrected chi connectivity index (χ0v) is 16.7. The molecule has 1 N–H and O–H groups in total. The fourth-order valence-corrected chi connectivity index (χ4v) is 3.40. The van der Waals surface area contributed by atoms with Crippen LogP contribution in [0.2, 0.25) is 0 Å². The average Bonchev–Trinajstić information content (AvgIpc) is 2.74. The molecule has 1 fully saturated rings.